The second-order valence-electron chi connectivity index (χ2n) is 3.97. The minimum absolute atomic E-state index is 0.0904. The minimum Gasteiger partial charge on any atom is -0.480 e. The van der Waals surface area contributed by atoms with Gasteiger partial charge < -0.3 is 21.4 Å². The van der Waals surface area contributed by atoms with Crippen molar-refractivity contribution in [3.8, 4) is 0 Å². The molecule has 0 heterocycles. The summed E-state index contributed by atoms with van der Waals surface area (Å²) in [5, 5.41) is 22.8. The number of carbonyl (C=O) groups is 1. The van der Waals surface area contributed by atoms with Crippen molar-refractivity contribution in [2.75, 3.05) is 0 Å². The Morgan fingerprint density at radius 1 is 1.58 bits per heavy atom. The molecule has 1 aromatic rings. The molecule has 0 bridgehead atoms. The molecule has 1 unspecified atom stereocenters. The number of carboxylic acids is 1. The number of benzene rings is 1. The van der Waals surface area contributed by atoms with E-state index in [0.29, 0.717) is 12.0 Å². The van der Waals surface area contributed by atoms with Crippen molar-refractivity contribution in [2.24, 2.45) is 10.9 Å². The fourth-order valence-electron chi connectivity index (χ4n) is 1.55. The second kappa shape index (κ2) is 6.69. The Balaban J connectivity index is 2.78. The molecule has 0 saturated carbocycles. The zero-order valence-corrected chi connectivity index (χ0v) is 10.4. The maximum absolute atomic E-state index is 13.7. The predicted octanol–water partition coefficient (Wildman–Crippen LogP) is 0.873. The van der Waals surface area contributed by atoms with Gasteiger partial charge in [0.15, 0.2) is 5.84 Å². The number of oxime groups is 1. The van der Waals surface area contributed by atoms with E-state index in [4.69, 9.17) is 16.0 Å². The van der Waals surface area contributed by atoms with Gasteiger partial charge in [-0.2, -0.15) is 0 Å². The summed E-state index contributed by atoms with van der Waals surface area (Å²) in [6.45, 7) is 1.82. The van der Waals surface area contributed by atoms with E-state index < -0.39 is 17.8 Å². The Kier molecular flexibility index (Phi) is 5.25. The Morgan fingerprint density at radius 2 is 2.26 bits per heavy atom. The van der Waals surface area contributed by atoms with E-state index in [-0.39, 0.29) is 17.9 Å². The smallest absolute Gasteiger partial charge is 0.320 e. The van der Waals surface area contributed by atoms with Crippen LogP contribution in [0.15, 0.2) is 23.4 Å². The highest BCUT2D eigenvalue weighted by molar-refractivity contribution is 5.97. The first-order valence-electron chi connectivity index (χ1n) is 5.72. The van der Waals surface area contributed by atoms with Crippen LogP contribution in [-0.4, -0.2) is 28.2 Å². The molecule has 104 valence electrons. The van der Waals surface area contributed by atoms with Gasteiger partial charge >= 0.3 is 5.97 Å². The number of amidine groups is 1. The molecule has 0 fully saturated rings. The molecule has 1 rings (SSSR count). The normalized spacial score (nSPS) is 13.3. The number of halogens is 1. The van der Waals surface area contributed by atoms with Gasteiger partial charge in [-0.15, -0.1) is 0 Å². The van der Waals surface area contributed by atoms with Crippen molar-refractivity contribution < 1.29 is 19.5 Å². The van der Waals surface area contributed by atoms with Gasteiger partial charge in [-0.1, -0.05) is 24.2 Å². The predicted molar refractivity (Wildman–Crippen MR) is 67.5 cm³/mol. The number of aliphatic carboxylic acids is 1. The molecule has 0 aliphatic carbocycles. The van der Waals surface area contributed by atoms with Crippen molar-refractivity contribution in [3.05, 3.63) is 35.1 Å². The average Bonchev–Trinajstić information content (AvgIpc) is 2.39. The SMILES string of the molecule is CCC(NCc1ccc(C(N)=NO)cc1F)C(=O)O. The van der Waals surface area contributed by atoms with Gasteiger partial charge in [-0.3, -0.25) is 4.79 Å². The molecule has 6 nitrogen and oxygen atoms in total. The summed E-state index contributed by atoms with van der Waals surface area (Å²) in [6.07, 6.45) is 0.402. The number of hydrogen-bond acceptors (Lipinski definition) is 4. The van der Waals surface area contributed by atoms with Crippen LogP contribution in [0.3, 0.4) is 0 Å². The van der Waals surface area contributed by atoms with Crippen molar-refractivity contribution in [1.29, 1.82) is 0 Å². The lowest BCUT2D eigenvalue weighted by molar-refractivity contribution is -0.139. The fourth-order valence-corrected chi connectivity index (χ4v) is 1.55. The molecule has 0 aliphatic heterocycles. The maximum atomic E-state index is 13.7. The summed E-state index contributed by atoms with van der Waals surface area (Å²) < 4.78 is 13.7. The molecular formula is C12H16FN3O3. The first kappa shape index (κ1) is 14.9. The molecule has 5 N–H and O–H groups in total. The average molecular weight is 269 g/mol. The lowest BCUT2D eigenvalue weighted by atomic mass is 10.1. The Morgan fingerprint density at radius 3 is 2.74 bits per heavy atom. The van der Waals surface area contributed by atoms with Crippen LogP contribution < -0.4 is 11.1 Å². The van der Waals surface area contributed by atoms with Gasteiger partial charge in [-0.05, 0) is 12.5 Å². The molecule has 0 aromatic heterocycles. The van der Waals surface area contributed by atoms with E-state index in [2.05, 4.69) is 10.5 Å². The first-order chi connectivity index (χ1) is 8.99. The summed E-state index contributed by atoms with van der Waals surface area (Å²) >= 11 is 0. The summed E-state index contributed by atoms with van der Waals surface area (Å²) in [5.41, 5.74) is 5.91. The third-order valence-electron chi connectivity index (χ3n) is 2.70. The summed E-state index contributed by atoms with van der Waals surface area (Å²) in [6, 6.07) is 3.37. The third kappa shape index (κ3) is 3.92. The van der Waals surface area contributed by atoms with Crippen LogP contribution in [0.25, 0.3) is 0 Å². The molecule has 1 aromatic carbocycles. The molecule has 0 radical (unpaired) electrons. The minimum atomic E-state index is -0.976. The highest BCUT2D eigenvalue weighted by Crippen LogP contribution is 2.11. The second-order valence-corrected chi connectivity index (χ2v) is 3.97. The van der Waals surface area contributed by atoms with Crippen LogP contribution in [0.5, 0.6) is 0 Å². The van der Waals surface area contributed by atoms with Crippen LogP contribution in [0.1, 0.15) is 24.5 Å². The van der Waals surface area contributed by atoms with Crippen LogP contribution in [0, 0.1) is 5.82 Å². The van der Waals surface area contributed by atoms with Crippen LogP contribution in [0.4, 0.5) is 4.39 Å². The highest BCUT2D eigenvalue weighted by atomic mass is 19.1. The molecule has 0 saturated heterocycles. The van der Waals surface area contributed by atoms with Crippen LogP contribution >= 0.6 is 0 Å². The topological polar surface area (TPSA) is 108 Å². The number of nitrogens with one attached hydrogen (secondary N) is 1. The Bertz CT molecular complexity index is 491. The fraction of sp³-hybridized carbons (Fsp3) is 0.333. The largest absolute Gasteiger partial charge is 0.480 e. The lowest BCUT2D eigenvalue weighted by Crippen LogP contribution is -2.35. The monoisotopic (exact) mass is 269 g/mol. The molecular weight excluding hydrogens is 253 g/mol. The zero-order valence-electron chi connectivity index (χ0n) is 10.4. The molecule has 7 heteroatoms. The van der Waals surface area contributed by atoms with Gasteiger partial charge in [-0.25, -0.2) is 4.39 Å². The zero-order chi connectivity index (χ0) is 14.4. The van der Waals surface area contributed by atoms with E-state index in [1.54, 1.807) is 6.92 Å². The van der Waals surface area contributed by atoms with Crippen molar-refractivity contribution in [3.63, 3.8) is 0 Å². The number of hydrogen-bond donors (Lipinski definition) is 4. The first-order valence-corrected chi connectivity index (χ1v) is 5.72. The number of nitrogens with two attached hydrogens (primary N) is 1. The Labute approximate surface area is 109 Å². The van der Waals surface area contributed by atoms with Gasteiger partial charge in [0.25, 0.3) is 0 Å². The summed E-state index contributed by atoms with van der Waals surface area (Å²) in [4.78, 5) is 10.8. The van der Waals surface area contributed by atoms with E-state index in [0.717, 1.165) is 6.07 Å². The molecule has 0 spiro atoms. The van der Waals surface area contributed by atoms with Crippen LogP contribution in [-0.2, 0) is 11.3 Å². The maximum Gasteiger partial charge on any atom is 0.320 e. The molecule has 19 heavy (non-hydrogen) atoms. The quantitative estimate of drug-likeness (QED) is 0.265. The standard InChI is InChI=1S/C12H16FN3O3/c1-2-10(12(17)18)15-6-8-4-3-7(5-9(8)13)11(14)16-19/h3-5,10,15,19H,2,6H2,1H3,(H2,14,16)(H,17,18). The highest BCUT2D eigenvalue weighted by Gasteiger charge is 2.15. The lowest BCUT2D eigenvalue weighted by Gasteiger charge is -2.12. The van der Waals surface area contributed by atoms with Crippen molar-refractivity contribution in [1.82, 2.24) is 5.32 Å². The molecule has 0 amide bonds. The number of carboxylic acid groups (broad SMARTS) is 1. The number of nitrogens with zero attached hydrogens (tertiary/aromatic N) is 1. The summed E-state index contributed by atoms with van der Waals surface area (Å²) in [5.74, 6) is -1.71. The van der Waals surface area contributed by atoms with Gasteiger partial charge in [0, 0.05) is 17.7 Å². The Hall–Kier alpha value is -2.15. The van der Waals surface area contributed by atoms with Gasteiger partial charge in [0.1, 0.15) is 11.9 Å². The van der Waals surface area contributed by atoms with Gasteiger partial charge in [0.05, 0.1) is 0 Å². The number of rotatable bonds is 6. The van der Waals surface area contributed by atoms with E-state index >= 15 is 0 Å². The van der Waals surface area contributed by atoms with Gasteiger partial charge in [0.2, 0.25) is 0 Å². The molecule has 1 atom stereocenters. The molecule has 0 aliphatic rings. The van der Waals surface area contributed by atoms with Crippen molar-refractivity contribution >= 4 is 11.8 Å². The third-order valence-corrected chi connectivity index (χ3v) is 2.70. The van der Waals surface area contributed by atoms with E-state index in [1.807, 2.05) is 0 Å². The van der Waals surface area contributed by atoms with E-state index in [1.165, 1.54) is 12.1 Å². The van der Waals surface area contributed by atoms with E-state index in [9.17, 15) is 9.18 Å². The van der Waals surface area contributed by atoms with Crippen LogP contribution in [0.2, 0.25) is 0 Å². The van der Waals surface area contributed by atoms with Crippen molar-refractivity contribution in [2.45, 2.75) is 25.9 Å². The summed E-state index contributed by atoms with van der Waals surface area (Å²) in [7, 11) is 0.